The molecule has 0 fully saturated rings. The van der Waals surface area contributed by atoms with Crippen LogP contribution in [0.4, 0.5) is 0 Å². The summed E-state index contributed by atoms with van der Waals surface area (Å²) in [7, 11) is 0. The van der Waals surface area contributed by atoms with Gasteiger partial charge in [0.15, 0.2) is 0 Å². The molecule has 14 heavy (non-hydrogen) atoms. The fourth-order valence-corrected chi connectivity index (χ4v) is 1.57. The fourth-order valence-electron chi connectivity index (χ4n) is 1.40. The van der Waals surface area contributed by atoms with E-state index in [9.17, 15) is 0 Å². The maximum atomic E-state index is 5.93. The molecule has 1 aliphatic rings. The molecule has 0 aromatic carbocycles. The summed E-state index contributed by atoms with van der Waals surface area (Å²) in [6.07, 6.45) is 0.735. The number of nitrogens with zero attached hydrogens (tertiary/aromatic N) is 3. The van der Waals surface area contributed by atoms with E-state index < -0.39 is 0 Å². The van der Waals surface area contributed by atoms with E-state index in [2.05, 4.69) is 5.10 Å². The second kappa shape index (κ2) is 4.06. The number of hydrazine groups is 2. The van der Waals surface area contributed by atoms with Gasteiger partial charge in [-0.1, -0.05) is 25.4 Å². The molecule has 0 radical (unpaired) electrons. The lowest BCUT2D eigenvalue weighted by Crippen LogP contribution is -2.45. The SMILES string of the molecule is CCC1=NN(Cl)N(N)C(C(C)C)=C1N. The summed E-state index contributed by atoms with van der Waals surface area (Å²) in [5, 5.41) is 5.29. The lowest BCUT2D eigenvalue weighted by Gasteiger charge is -2.33. The predicted molar refractivity (Wildman–Crippen MR) is 57.5 cm³/mol. The fraction of sp³-hybridized carbons (Fsp3) is 0.625. The van der Waals surface area contributed by atoms with Gasteiger partial charge in [-0.25, -0.2) is 5.84 Å². The minimum absolute atomic E-state index is 0.207. The Bertz CT molecular complexity index is 283. The van der Waals surface area contributed by atoms with Gasteiger partial charge >= 0.3 is 0 Å². The first-order valence-electron chi connectivity index (χ1n) is 4.57. The van der Waals surface area contributed by atoms with Crippen LogP contribution in [0.1, 0.15) is 27.2 Å². The molecule has 4 N–H and O–H groups in total. The molecule has 80 valence electrons. The van der Waals surface area contributed by atoms with Crippen molar-refractivity contribution in [1.82, 2.24) is 9.75 Å². The van der Waals surface area contributed by atoms with Crippen LogP contribution in [-0.4, -0.2) is 15.5 Å². The van der Waals surface area contributed by atoms with Gasteiger partial charge in [0.25, 0.3) is 0 Å². The molecule has 6 heteroatoms. The number of halogens is 1. The Hall–Kier alpha value is -0.940. The van der Waals surface area contributed by atoms with Crippen molar-refractivity contribution in [3.8, 4) is 0 Å². The molecule has 0 saturated carbocycles. The summed E-state index contributed by atoms with van der Waals surface area (Å²) in [6, 6.07) is 0. The molecule has 0 amide bonds. The van der Waals surface area contributed by atoms with E-state index in [1.54, 1.807) is 0 Å². The van der Waals surface area contributed by atoms with E-state index in [1.165, 1.54) is 5.12 Å². The van der Waals surface area contributed by atoms with E-state index in [-0.39, 0.29) is 5.92 Å². The molecule has 1 aliphatic heterocycles. The van der Waals surface area contributed by atoms with Gasteiger partial charge in [-0.2, -0.15) is 5.12 Å². The molecule has 1 rings (SSSR count). The smallest absolute Gasteiger partial charge is 0.0886 e. The number of hydrazone groups is 1. The van der Waals surface area contributed by atoms with Gasteiger partial charge in [-0.15, -0.1) is 5.10 Å². The summed E-state index contributed by atoms with van der Waals surface area (Å²) in [4.78, 5) is 0. The largest absolute Gasteiger partial charge is 0.396 e. The maximum absolute atomic E-state index is 5.93. The zero-order valence-corrected chi connectivity index (χ0v) is 9.41. The predicted octanol–water partition coefficient (Wildman–Crippen LogP) is 1.14. The van der Waals surface area contributed by atoms with E-state index >= 15 is 0 Å². The molecular weight excluding hydrogens is 202 g/mol. The van der Waals surface area contributed by atoms with Crippen LogP contribution in [0, 0.1) is 5.92 Å². The van der Waals surface area contributed by atoms with Gasteiger partial charge in [0, 0.05) is 0 Å². The second-order valence-electron chi connectivity index (χ2n) is 3.44. The number of nitrogens with two attached hydrogens (primary N) is 2. The molecule has 1 heterocycles. The first kappa shape index (κ1) is 11.1. The summed E-state index contributed by atoms with van der Waals surface area (Å²) >= 11 is 5.80. The third-order valence-electron chi connectivity index (χ3n) is 2.10. The van der Waals surface area contributed by atoms with Crippen molar-refractivity contribution in [2.75, 3.05) is 0 Å². The molecule has 0 saturated heterocycles. The van der Waals surface area contributed by atoms with Crippen LogP contribution in [0.5, 0.6) is 0 Å². The Labute approximate surface area is 89.0 Å². The molecule has 0 unspecified atom stereocenters. The molecular formula is C8H16ClN5. The molecule has 0 aromatic rings. The molecule has 0 atom stereocenters. The Kier molecular flexibility index (Phi) is 3.23. The lowest BCUT2D eigenvalue weighted by atomic mass is 10.0. The Morgan fingerprint density at radius 1 is 1.50 bits per heavy atom. The lowest BCUT2D eigenvalue weighted by molar-refractivity contribution is 0.0903. The first-order valence-corrected chi connectivity index (χ1v) is 4.91. The standard InChI is InChI=1S/C8H16ClN5/c1-4-6-7(10)8(5(2)3)13(11)14(9)12-6/h5H,4,10-11H2,1-3H3. The van der Waals surface area contributed by atoms with Crippen LogP contribution >= 0.6 is 11.8 Å². The Morgan fingerprint density at radius 3 is 2.50 bits per heavy atom. The molecule has 5 nitrogen and oxygen atoms in total. The minimum atomic E-state index is 0.207. The highest BCUT2D eigenvalue weighted by Crippen LogP contribution is 2.23. The monoisotopic (exact) mass is 217 g/mol. The van der Waals surface area contributed by atoms with Gasteiger partial charge in [-0.3, -0.25) is 0 Å². The molecule has 0 bridgehead atoms. The highest BCUT2D eigenvalue weighted by Gasteiger charge is 2.25. The van der Waals surface area contributed by atoms with Crippen LogP contribution in [0.2, 0.25) is 0 Å². The normalized spacial score (nSPS) is 18.0. The summed E-state index contributed by atoms with van der Waals surface area (Å²) < 4.78 is 1.09. The highest BCUT2D eigenvalue weighted by atomic mass is 35.5. The summed E-state index contributed by atoms with van der Waals surface area (Å²) in [6.45, 7) is 5.98. The Balaban J connectivity index is 3.12. The van der Waals surface area contributed by atoms with Gasteiger partial charge in [0.2, 0.25) is 0 Å². The van der Waals surface area contributed by atoms with Gasteiger partial charge in [-0.05, 0) is 12.3 Å². The van der Waals surface area contributed by atoms with E-state index in [0.717, 1.165) is 22.5 Å². The van der Waals surface area contributed by atoms with Crippen molar-refractivity contribution < 1.29 is 0 Å². The van der Waals surface area contributed by atoms with Crippen molar-refractivity contribution in [3.05, 3.63) is 11.4 Å². The van der Waals surface area contributed by atoms with Gasteiger partial charge in [0.1, 0.15) is 0 Å². The average Bonchev–Trinajstić information content (AvgIpc) is 2.11. The van der Waals surface area contributed by atoms with E-state index in [4.69, 9.17) is 23.4 Å². The van der Waals surface area contributed by atoms with Crippen molar-refractivity contribution >= 4 is 17.5 Å². The van der Waals surface area contributed by atoms with Crippen LogP contribution in [0.15, 0.2) is 16.5 Å². The van der Waals surface area contributed by atoms with E-state index in [1.807, 2.05) is 20.8 Å². The van der Waals surface area contributed by atoms with Crippen molar-refractivity contribution in [3.63, 3.8) is 0 Å². The highest BCUT2D eigenvalue weighted by molar-refractivity contribution is 6.14. The third kappa shape index (κ3) is 1.78. The minimum Gasteiger partial charge on any atom is -0.396 e. The molecule has 0 aromatic heterocycles. The average molecular weight is 218 g/mol. The number of hydrogen-bond donors (Lipinski definition) is 2. The van der Waals surface area contributed by atoms with Crippen LogP contribution < -0.4 is 11.6 Å². The first-order chi connectivity index (χ1) is 6.49. The van der Waals surface area contributed by atoms with Crippen LogP contribution in [-0.2, 0) is 0 Å². The molecule has 0 aliphatic carbocycles. The zero-order chi connectivity index (χ0) is 10.9. The number of rotatable bonds is 2. The van der Waals surface area contributed by atoms with Crippen molar-refractivity contribution in [2.45, 2.75) is 27.2 Å². The zero-order valence-electron chi connectivity index (χ0n) is 8.66. The summed E-state index contributed by atoms with van der Waals surface area (Å²) in [5.74, 6) is 5.92. The van der Waals surface area contributed by atoms with Crippen LogP contribution in [0.3, 0.4) is 0 Å². The Morgan fingerprint density at radius 2 is 2.07 bits per heavy atom. The van der Waals surface area contributed by atoms with Crippen molar-refractivity contribution in [1.29, 1.82) is 0 Å². The van der Waals surface area contributed by atoms with Gasteiger partial charge < -0.3 is 5.73 Å². The topological polar surface area (TPSA) is 70.9 Å². The maximum Gasteiger partial charge on any atom is 0.0886 e. The quantitative estimate of drug-likeness (QED) is 0.538. The molecule has 0 spiro atoms. The van der Waals surface area contributed by atoms with Crippen LogP contribution in [0.25, 0.3) is 0 Å². The summed E-state index contributed by atoms with van der Waals surface area (Å²) in [5.41, 5.74) is 8.12. The van der Waals surface area contributed by atoms with Crippen molar-refractivity contribution in [2.24, 2.45) is 22.6 Å². The number of hydrogen-bond acceptors (Lipinski definition) is 5. The third-order valence-corrected chi connectivity index (χ3v) is 2.33. The second-order valence-corrected chi connectivity index (χ2v) is 3.74. The van der Waals surface area contributed by atoms with Gasteiger partial charge in [0.05, 0.1) is 28.9 Å². The van der Waals surface area contributed by atoms with E-state index in [0.29, 0.717) is 5.70 Å². The number of allylic oxidation sites excluding steroid dienone is 2.